The van der Waals surface area contributed by atoms with Gasteiger partial charge in [-0.1, -0.05) is 6.08 Å². The molecular formula is C11H15N3O3S. The first-order valence-electron chi connectivity index (χ1n) is 5.31. The van der Waals surface area contributed by atoms with Gasteiger partial charge in [-0.15, -0.1) is 6.58 Å². The Balaban J connectivity index is 2.65. The van der Waals surface area contributed by atoms with Crippen LogP contribution in [0.4, 0.5) is 11.5 Å². The summed E-state index contributed by atoms with van der Waals surface area (Å²) in [7, 11) is 1.47. The second-order valence-electron chi connectivity index (χ2n) is 3.27. The van der Waals surface area contributed by atoms with Gasteiger partial charge in [0.05, 0.1) is 12.0 Å². The van der Waals surface area contributed by atoms with Crippen LogP contribution in [-0.4, -0.2) is 35.1 Å². The van der Waals surface area contributed by atoms with Crippen LogP contribution in [0.25, 0.3) is 0 Å². The normalized spacial score (nSPS) is 9.83. The summed E-state index contributed by atoms with van der Waals surface area (Å²) in [6.45, 7) is 4.21. The maximum absolute atomic E-state index is 10.8. The van der Waals surface area contributed by atoms with Crippen molar-refractivity contribution < 1.29 is 9.66 Å². The Labute approximate surface area is 110 Å². The van der Waals surface area contributed by atoms with Crippen LogP contribution >= 0.6 is 11.8 Å². The van der Waals surface area contributed by atoms with E-state index in [1.807, 2.05) is 6.08 Å². The molecule has 0 radical (unpaired) electrons. The van der Waals surface area contributed by atoms with Gasteiger partial charge in [-0.3, -0.25) is 10.1 Å². The first kappa shape index (κ1) is 14.3. The van der Waals surface area contributed by atoms with Crippen molar-refractivity contribution in [1.82, 2.24) is 4.98 Å². The number of nitrogens with one attached hydrogen (secondary N) is 1. The standard InChI is InChI=1S/C11H15N3O3S/c1-3-7-18-8-6-12-11-9(14(15)16)4-5-10(13-11)17-2/h3-5H,1,6-8H2,2H3,(H,12,13). The van der Waals surface area contributed by atoms with Crippen molar-refractivity contribution in [3.05, 3.63) is 34.9 Å². The van der Waals surface area contributed by atoms with Crippen molar-refractivity contribution in [3.63, 3.8) is 0 Å². The van der Waals surface area contributed by atoms with Crippen molar-refractivity contribution in [1.29, 1.82) is 0 Å². The van der Waals surface area contributed by atoms with Crippen LogP contribution in [-0.2, 0) is 0 Å². The average molecular weight is 269 g/mol. The molecule has 0 aliphatic heterocycles. The van der Waals surface area contributed by atoms with E-state index in [0.717, 1.165) is 11.5 Å². The van der Waals surface area contributed by atoms with Crippen LogP contribution in [0, 0.1) is 10.1 Å². The van der Waals surface area contributed by atoms with Gasteiger partial charge in [0.2, 0.25) is 11.7 Å². The highest BCUT2D eigenvalue weighted by molar-refractivity contribution is 7.99. The van der Waals surface area contributed by atoms with Gasteiger partial charge < -0.3 is 10.1 Å². The number of ether oxygens (including phenoxy) is 1. The van der Waals surface area contributed by atoms with Crippen LogP contribution in [0.3, 0.4) is 0 Å². The van der Waals surface area contributed by atoms with Gasteiger partial charge in [-0.05, 0) is 0 Å². The predicted molar refractivity (Wildman–Crippen MR) is 73.5 cm³/mol. The van der Waals surface area contributed by atoms with Crippen LogP contribution in [0.5, 0.6) is 5.88 Å². The number of hydrogen-bond acceptors (Lipinski definition) is 6. The predicted octanol–water partition coefficient (Wildman–Crippen LogP) is 2.33. The molecule has 0 atom stereocenters. The summed E-state index contributed by atoms with van der Waals surface area (Å²) in [4.78, 5) is 14.4. The molecule has 0 aliphatic carbocycles. The molecule has 1 rings (SSSR count). The summed E-state index contributed by atoms with van der Waals surface area (Å²) in [5.41, 5.74) is -0.0514. The third kappa shape index (κ3) is 4.25. The fourth-order valence-corrected chi connectivity index (χ4v) is 1.81. The molecule has 1 aromatic heterocycles. The number of nitrogens with zero attached hydrogens (tertiary/aromatic N) is 2. The minimum Gasteiger partial charge on any atom is -0.481 e. The molecule has 18 heavy (non-hydrogen) atoms. The lowest BCUT2D eigenvalue weighted by Crippen LogP contribution is -2.08. The highest BCUT2D eigenvalue weighted by atomic mass is 32.2. The van der Waals surface area contributed by atoms with Crippen molar-refractivity contribution in [2.45, 2.75) is 0 Å². The number of thioether (sulfide) groups is 1. The number of anilines is 1. The fraction of sp³-hybridized carbons (Fsp3) is 0.364. The Bertz CT molecular complexity index is 426. The van der Waals surface area contributed by atoms with Gasteiger partial charge in [0, 0.05) is 30.2 Å². The SMILES string of the molecule is C=CCSCCNc1nc(OC)ccc1[N+](=O)[O-]. The van der Waals surface area contributed by atoms with Crippen LogP contribution < -0.4 is 10.1 Å². The van der Waals surface area contributed by atoms with Crippen molar-refractivity contribution >= 4 is 23.3 Å². The lowest BCUT2D eigenvalue weighted by molar-refractivity contribution is -0.384. The molecule has 0 fully saturated rings. The quantitative estimate of drug-likeness (QED) is 0.338. The van der Waals surface area contributed by atoms with E-state index < -0.39 is 4.92 Å². The molecule has 1 N–H and O–H groups in total. The Hall–Kier alpha value is -1.76. The zero-order valence-electron chi connectivity index (χ0n) is 10.1. The van der Waals surface area contributed by atoms with E-state index in [9.17, 15) is 10.1 Å². The van der Waals surface area contributed by atoms with Crippen molar-refractivity contribution in [2.24, 2.45) is 0 Å². The first-order valence-corrected chi connectivity index (χ1v) is 6.46. The van der Waals surface area contributed by atoms with E-state index in [0.29, 0.717) is 12.4 Å². The van der Waals surface area contributed by atoms with Gasteiger partial charge in [-0.25, -0.2) is 0 Å². The third-order valence-corrected chi connectivity index (χ3v) is 2.99. The Morgan fingerprint density at radius 3 is 3.06 bits per heavy atom. The van der Waals surface area contributed by atoms with Crippen LogP contribution in [0.1, 0.15) is 0 Å². The van der Waals surface area contributed by atoms with E-state index >= 15 is 0 Å². The summed E-state index contributed by atoms with van der Waals surface area (Å²) < 4.78 is 4.94. The lowest BCUT2D eigenvalue weighted by atomic mass is 10.4. The van der Waals surface area contributed by atoms with Crippen molar-refractivity contribution in [3.8, 4) is 5.88 Å². The number of hydrogen-bond donors (Lipinski definition) is 1. The van der Waals surface area contributed by atoms with E-state index in [1.165, 1.54) is 19.2 Å². The number of rotatable bonds is 8. The number of aromatic nitrogens is 1. The van der Waals surface area contributed by atoms with Gasteiger partial charge in [0.25, 0.3) is 0 Å². The Kier molecular flexibility index (Phi) is 5.99. The lowest BCUT2D eigenvalue weighted by Gasteiger charge is -2.07. The number of methoxy groups -OCH3 is 1. The zero-order valence-corrected chi connectivity index (χ0v) is 10.9. The Morgan fingerprint density at radius 2 is 2.44 bits per heavy atom. The van der Waals surface area contributed by atoms with E-state index in [2.05, 4.69) is 16.9 Å². The molecule has 0 aliphatic rings. The van der Waals surface area contributed by atoms with Gasteiger partial charge >= 0.3 is 5.69 Å². The molecule has 0 saturated carbocycles. The van der Waals surface area contributed by atoms with E-state index in [1.54, 1.807) is 11.8 Å². The van der Waals surface area contributed by atoms with E-state index in [4.69, 9.17) is 4.74 Å². The molecule has 1 heterocycles. The second kappa shape index (κ2) is 7.54. The Morgan fingerprint density at radius 1 is 1.67 bits per heavy atom. The molecule has 0 saturated heterocycles. The summed E-state index contributed by atoms with van der Waals surface area (Å²) in [6.07, 6.45) is 1.82. The molecule has 1 aromatic rings. The van der Waals surface area contributed by atoms with Crippen molar-refractivity contribution in [2.75, 3.05) is 30.5 Å². The first-order chi connectivity index (χ1) is 8.69. The van der Waals surface area contributed by atoms with Crippen LogP contribution in [0.15, 0.2) is 24.8 Å². The topological polar surface area (TPSA) is 77.3 Å². The molecule has 7 heteroatoms. The maximum Gasteiger partial charge on any atom is 0.311 e. The summed E-state index contributed by atoms with van der Waals surface area (Å²) >= 11 is 1.69. The van der Waals surface area contributed by atoms with Gasteiger partial charge in [0.1, 0.15) is 0 Å². The van der Waals surface area contributed by atoms with Gasteiger partial charge in [0.15, 0.2) is 0 Å². The van der Waals surface area contributed by atoms with Crippen LogP contribution in [0.2, 0.25) is 0 Å². The summed E-state index contributed by atoms with van der Waals surface area (Å²) in [5.74, 6) is 2.26. The maximum atomic E-state index is 10.8. The largest absolute Gasteiger partial charge is 0.481 e. The summed E-state index contributed by atoms with van der Waals surface area (Å²) in [5, 5.41) is 13.8. The third-order valence-electron chi connectivity index (χ3n) is 2.03. The molecule has 0 spiro atoms. The molecule has 98 valence electrons. The average Bonchev–Trinajstić information content (AvgIpc) is 2.38. The molecular weight excluding hydrogens is 254 g/mol. The minimum atomic E-state index is -0.467. The number of nitro groups is 1. The molecule has 0 aromatic carbocycles. The molecule has 0 unspecified atom stereocenters. The highest BCUT2D eigenvalue weighted by Gasteiger charge is 2.15. The molecule has 0 amide bonds. The minimum absolute atomic E-state index is 0.0514. The molecule has 0 bridgehead atoms. The summed E-state index contributed by atoms with van der Waals surface area (Å²) in [6, 6.07) is 2.85. The fourth-order valence-electron chi connectivity index (χ4n) is 1.23. The zero-order chi connectivity index (χ0) is 13.4. The molecule has 6 nitrogen and oxygen atoms in total. The van der Waals surface area contributed by atoms with Gasteiger partial charge in [-0.2, -0.15) is 16.7 Å². The smallest absolute Gasteiger partial charge is 0.311 e. The van der Waals surface area contributed by atoms with E-state index in [-0.39, 0.29) is 11.5 Å². The second-order valence-corrected chi connectivity index (χ2v) is 4.42. The number of pyridine rings is 1. The monoisotopic (exact) mass is 269 g/mol. The highest BCUT2D eigenvalue weighted by Crippen LogP contribution is 2.24.